The van der Waals surface area contributed by atoms with Gasteiger partial charge in [-0.05, 0) is 26.2 Å². The van der Waals surface area contributed by atoms with E-state index in [2.05, 4.69) is 16.9 Å². The number of carbonyl (C=O) groups is 2. The quantitative estimate of drug-likeness (QED) is 0.156. The van der Waals surface area contributed by atoms with Gasteiger partial charge in [0.15, 0.2) is 6.10 Å². The predicted octanol–water partition coefficient (Wildman–Crippen LogP) is 1.95. The highest BCUT2D eigenvalue weighted by Gasteiger charge is 2.16. The van der Waals surface area contributed by atoms with Crippen molar-refractivity contribution in [1.29, 1.82) is 0 Å². The number of amides is 1. The number of carbonyl (C=O) groups excluding carboxylic acids is 3. The third-order valence-corrected chi connectivity index (χ3v) is 2.82. The lowest BCUT2D eigenvalue weighted by Crippen LogP contribution is -2.33. The number of halogens is 1. The minimum atomic E-state index is -0.716. The van der Waals surface area contributed by atoms with E-state index in [-0.39, 0.29) is 18.1 Å². The van der Waals surface area contributed by atoms with Gasteiger partial charge >= 0.3 is 12.1 Å². The Hall–Kier alpha value is -1.85. The predicted molar refractivity (Wildman–Crippen MR) is 81.6 cm³/mol. The van der Waals surface area contributed by atoms with Gasteiger partial charge in [-0.25, -0.2) is 19.4 Å². The van der Waals surface area contributed by atoms with Gasteiger partial charge in [0.25, 0.3) is 0 Å². The minimum Gasteiger partial charge on any atom is -0.458 e. The second-order valence-corrected chi connectivity index (χ2v) is 4.83. The standard InChI is InChI=1S/C14H21ClN2O5/c1-11(2)13(19)21-9-12(8-15)22-14(20)17-7-5-3-4-6-16-10-18/h12H,1,3-9H2,2H3,(H,17,20). The van der Waals surface area contributed by atoms with Crippen molar-refractivity contribution in [2.75, 3.05) is 25.6 Å². The molecule has 1 N–H and O–H groups in total. The summed E-state index contributed by atoms with van der Waals surface area (Å²) in [6.07, 6.45) is 2.44. The summed E-state index contributed by atoms with van der Waals surface area (Å²) >= 11 is 5.65. The number of nitrogens with zero attached hydrogens (tertiary/aromatic N) is 1. The Morgan fingerprint density at radius 3 is 2.68 bits per heavy atom. The Morgan fingerprint density at radius 1 is 1.36 bits per heavy atom. The van der Waals surface area contributed by atoms with Crippen molar-refractivity contribution in [3.05, 3.63) is 12.2 Å². The molecule has 0 aliphatic rings. The second-order valence-electron chi connectivity index (χ2n) is 4.52. The summed E-state index contributed by atoms with van der Waals surface area (Å²) in [6.45, 7) is 5.72. The minimum absolute atomic E-state index is 0.0145. The van der Waals surface area contributed by atoms with Gasteiger partial charge in [-0.2, -0.15) is 0 Å². The molecule has 1 atom stereocenters. The molecular weight excluding hydrogens is 312 g/mol. The van der Waals surface area contributed by atoms with Gasteiger partial charge in [0, 0.05) is 12.1 Å². The fourth-order valence-electron chi connectivity index (χ4n) is 1.32. The largest absolute Gasteiger partial charge is 0.458 e. The Balaban J connectivity index is 3.80. The Bertz CT molecular complexity index is 421. The maximum Gasteiger partial charge on any atom is 0.407 e. The number of nitrogens with one attached hydrogen (secondary N) is 1. The third kappa shape index (κ3) is 10.9. The molecule has 0 aromatic carbocycles. The van der Waals surface area contributed by atoms with Gasteiger partial charge < -0.3 is 14.8 Å². The van der Waals surface area contributed by atoms with Crippen molar-refractivity contribution in [3.8, 4) is 0 Å². The fourth-order valence-corrected chi connectivity index (χ4v) is 1.48. The van der Waals surface area contributed by atoms with E-state index in [0.717, 1.165) is 19.3 Å². The Kier molecular flexibility index (Phi) is 11.8. The zero-order valence-corrected chi connectivity index (χ0v) is 13.4. The highest BCUT2D eigenvalue weighted by molar-refractivity contribution is 6.18. The summed E-state index contributed by atoms with van der Waals surface area (Å²) in [5.74, 6) is -0.544. The summed E-state index contributed by atoms with van der Waals surface area (Å²) in [5, 5.41) is 2.56. The molecule has 0 aliphatic carbocycles. The number of aliphatic imine (C=N–C) groups is 1. The average Bonchev–Trinajstić information content (AvgIpc) is 2.49. The first-order valence-corrected chi connectivity index (χ1v) is 7.41. The van der Waals surface area contributed by atoms with Crippen LogP contribution in [0.2, 0.25) is 0 Å². The van der Waals surface area contributed by atoms with E-state index >= 15 is 0 Å². The lowest BCUT2D eigenvalue weighted by molar-refractivity contribution is -0.141. The van der Waals surface area contributed by atoms with Crippen LogP contribution in [0.3, 0.4) is 0 Å². The molecule has 8 heteroatoms. The normalized spacial score (nSPS) is 11.0. The molecule has 0 saturated carbocycles. The van der Waals surface area contributed by atoms with E-state index in [0.29, 0.717) is 13.1 Å². The van der Waals surface area contributed by atoms with Crippen LogP contribution in [0.1, 0.15) is 26.2 Å². The van der Waals surface area contributed by atoms with E-state index in [4.69, 9.17) is 21.1 Å². The molecule has 1 unspecified atom stereocenters. The summed E-state index contributed by atoms with van der Waals surface area (Å²) in [5.41, 5.74) is 0.261. The summed E-state index contributed by atoms with van der Waals surface area (Å²) in [4.78, 5) is 36.0. The van der Waals surface area contributed by atoms with Crippen LogP contribution in [0, 0.1) is 0 Å². The molecule has 1 amide bonds. The molecule has 0 aliphatic heterocycles. The van der Waals surface area contributed by atoms with Crippen molar-refractivity contribution in [1.82, 2.24) is 5.32 Å². The van der Waals surface area contributed by atoms with Gasteiger partial charge in [-0.1, -0.05) is 6.58 Å². The SMILES string of the molecule is C=C(C)C(=O)OCC(CCl)OC(=O)NCCCCCN=C=O. The molecule has 0 rings (SSSR count). The molecule has 7 nitrogen and oxygen atoms in total. The molecule has 0 aromatic heterocycles. The number of esters is 1. The number of unbranched alkanes of at least 4 members (excludes halogenated alkanes) is 2. The highest BCUT2D eigenvalue weighted by atomic mass is 35.5. The van der Waals surface area contributed by atoms with Crippen molar-refractivity contribution in [2.45, 2.75) is 32.3 Å². The maximum absolute atomic E-state index is 11.5. The molecule has 0 bridgehead atoms. The molecule has 124 valence electrons. The van der Waals surface area contributed by atoms with Gasteiger partial charge in [0.1, 0.15) is 6.61 Å². The Labute approximate surface area is 134 Å². The van der Waals surface area contributed by atoms with Crippen LogP contribution < -0.4 is 5.32 Å². The molecule has 0 heterocycles. The average molecular weight is 333 g/mol. The number of alkyl carbamates (subject to hydrolysis) is 1. The summed E-state index contributed by atoms with van der Waals surface area (Å²) < 4.78 is 9.88. The van der Waals surface area contributed by atoms with Crippen molar-refractivity contribution in [3.63, 3.8) is 0 Å². The van der Waals surface area contributed by atoms with Crippen molar-refractivity contribution >= 4 is 29.7 Å². The number of alkyl halides is 1. The van der Waals surface area contributed by atoms with Crippen molar-refractivity contribution < 1.29 is 23.9 Å². The fraction of sp³-hybridized carbons (Fsp3) is 0.643. The number of isocyanates is 1. The highest BCUT2D eigenvalue weighted by Crippen LogP contribution is 2.01. The zero-order chi connectivity index (χ0) is 16.8. The van der Waals surface area contributed by atoms with Crippen LogP contribution in [-0.4, -0.2) is 49.8 Å². The van der Waals surface area contributed by atoms with E-state index in [1.807, 2.05) is 0 Å². The van der Waals surface area contributed by atoms with Crippen LogP contribution >= 0.6 is 11.6 Å². The van der Waals surface area contributed by atoms with E-state index in [1.165, 1.54) is 13.0 Å². The van der Waals surface area contributed by atoms with Gasteiger partial charge in [0.05, 0.1) is 12.4 Å². The van der Waals surface area contributed by atoms with Gasteiger partial charge in [-0.15, -0.1) is 11.6 Å². The molecule has 0 spiro atoms. The van der Waals surface area contributed by atoms with E-state index < -0.39 is 18.2 Å². The lowest BCUT2D eigenvalue weighted by Gasteiger charge is -2.16. The van der Waals surface area contributed by atoms with Crippen LogP contribution in [0.4, 0.5) is 4.79 Å². The monoisotopic (exact) mass is 332 g/mol. The zero-order valence-electron chi connectivity index (χ0n) is 12.6. The number of ether oxygens (including phenoxy) is 2. The summed E-state index contributed by atoms with van der Waals surface area (Å²) in [6, 6.07) is 0. The first-order valence-electron chi connectivity index (χ1n) is 6.88. The lowest BCUT2D eigenvalue weighted by atomic mass is 10.2. The molecule has 0 aromatic rings. The smallest absolute Gasteiger partial charge is 0.407 e. The first-order chi connectivity index (χ1) is 10.5. The van der Waals surface area contributed by atoms with Crippen LogP contribution in [0.5, 0.6) is 0 Å². The van der Waals surface area contributed by atoms with Crippen LogP contribution in [-0.2, 0) is 19.1 Å². The molecule has 0 radical (unpaired) electrons. The Morgan fingerprint density at radius 2 is 2.09 bits per heavy atom. The van der Waals surface area contributed by atoms with E-state index in [1.54, 1.807) is 0 Å². The number of hydrogen-bond acceptors (Lipinski definition) is 6. The molecule has 0 saturated heterocycles. The first kappa shape index (κ1) is 20.1. The molecule has 22 heavy (non-hydrogen) atoms. The van der Waals surface area contributed by atoms with Gasteiger partial charge in [0.2, 0.25) is 6.08 Å². The topological polar surface area (TPSA) is 94.1 Å². The summed E-state index contributed by atoms with van der Waals surface area (Å²) in [7, 11) is 0. The van der Waals surface area contributed by atoms with Crippen LogP contribution in [0.25, 0.3) is 0 Å². The third-order valence-electron chi connectivity index (χ3n) is 2.48. The maximum atomic E-state index is 11.5. The van der Waals surface area contributed by atoms with Gasteiger partial charge in [-0.3, -0.25) is 0 Å². The molecule has 0 fully saturated rings. The second kappa shape index (κ2) is 12.9. The van der Waals surface area contributed by atoms with Crippen LogP contribution in [0.15, 0.2) is 17.1 Å². The molecular formula is C14H21ClN2O5. The van der Waals surface area contributed by atoms with Crippen molar-refractivity contribution in [2.24, 2.45) is 4.99 Å². The number of rotatable bonds is 11. The number of hydrogen-bond donors (Lipinski definition) is 1. The van der Waals surface area contributed by atoms with E-state index in [9.17, 15) is 14.4 Å².